The third kappa shape index (κ3) is 6.71. The number of hydrazone groups is 1. The van der Waals surface area contributed by atoms with Crippen molar-refractivity contribution >= 4 is 43.8 Å². The van der Waals surface area contributed by atoms with Crippen molar-refractivity contribution in [1.82, 2.24) is 9.99 Å². The van der Waals surface area contributed by atoms with Gasteiger partial charge in [0.25, 0.3) is 15.9 Å². The first-order valence-corrected chi connectivity index (χ1v) is 15.2. The molecule has 0 aliphatic carbocycles. The first-order chi connectivity index (χ1) is 19.4. The Labute approximate surface area is 249 Å². The van der Waals surface area contributed by atoms with Crippen LogP contribution in [-0.2, 0) is 14.8 Å². The van der Waals surface area contributed by atoms with Crippen molar-refractivity contribution in [2.75, 3.05) is 18.0 Å². The predicted molar refractivity (Wildman–Crippen MR) is 167 cm³/mol. The van der Waals surface area contributed by atoms with E-state index in [1.807, 2.05) is 26.8 Å². The van der Waals surface area contributed by atoms with Gasteiger partial charge in [-0.3, -0.25) is 9.10 Å². The molecule has 0 aliphatic rings. The third-order valence-electron chi connectivity index (χ3n) is 6.65. The summed E-state index contributed by atoms with van der Waals surface area (Å²) in [5.41, 5.74) is 10.1. The number of rotatable bonds is 9. The number of aromatic nitrogens is 1. The molecule has 1 aromatic heterocycles. The van der Waals surface area contributed by atoms with Gasteiger partial charge in [-0.15, -0.1) is 0 Å². The van der Waals surface area contributed by atoms with Crippen LogP contribution in [0.1, 0.15) is 33.6 Å². The van der Waals surface area contributed by atoms with Crippen molar-refractivity contribution in [2.45, 2.75) is 39.5 Å². The highest BCUT2D eigenvalue weighted by molar-refractivity contribution is 9.10. The zero-order chi connectivity index (χ0) is 29.9. The van der Waals surface area contributed by atoms with Crippen molar-refractivity contribution in [2.24, 2.45) is 5.10 Å². The number of methoxy groups -OCH3 is 1. The van der Waals surface area contributed by atoms with Crippen LogP contribution in [0.15, 0.2) is 81.2 Å². The van der Waals surface area contributed by atoms with Crippen LogP contribution in [0.5, 0.6) is 5.75 Å². The molecule has 4 aromatic rings. The molecule has 41 heavy (non-hydrogen) atoms. The summed E-state index contributed by atoms with van der Waals surface area (Å²) in [7, 11) is -2.60. The number of carbonyl (C=O) groups excluding carboxylic acids is 1. The number of anilines is 1. The van der Waals surface area contributed by atoms with Gasteiger partial charge >= 0.3 is 0 Å². The van der Waals surface area contributed by atoms with Crippen LogP contribution in [0.25, 0.3) is 5.69 Å². The smallest absolute Gasteiger partial charge is 0.264 e. The molecule has 1 heterocycles. The van der Waals surface area contributed by atoms with Crippen molar-refractivity contribution in [3.63, 3.8) is 0 Å². The van der Waals surface area contributed by atoms with Gasteiger partial charge in [0.2, 0.25) is 0 Å². The number of carbonyl (C=O) groups is 1. The van der Waals surface area contributed by atoms with Gasteiger partial charge < -0.3 is 9.30 Å². The summed E-state index contributed by atoms with van der Waals surface area (Å²) in [4.78, 5) is 13.0. The van der Waals surface area contributed by atoms with E-state index in [0.29, 0.717) is 15.9 Å². The fourth-order valence-corrected chi connectivity index (χ4v) is 6.84. The first-order valence-electron chi connectivity index (χ1n) is 12.9. The van der Waals surface area contributed by atoms with Gasteiger partial charge in [0.15, 0.2) is 0 Å². The summed E-state index contributed by atoms with van der Waals surface area (Å²) in [5.74, 6) is -0.0871. The average Bonchev–Trinajstić information content (AvgIpc) is 3.19. The second kappa shape index (κ2) is 12.3. The van der Waals surface area contributed by atoms with Gasteiger partial charge in [-0.25, -0.2) is 13.8 Å². The number of benzene rings is 3. The van der Waals surface area contributed by atoms with Gasteiger partial charge in [-0.05, 0) is 110 Å². The van der Waals surface area contributed by atoms with E-state index in [2.05, 4.69) is 63.1 Å². The Kier molecular flexibility index (Phi) is 9.04. The molecule has 0 unspecified atom stereocenters. The zero-order valence-corrected chi connectivity index (χ0v) is 26.3. The molecule has 0 saturated heterocycles. The Bertz CT molecular complexity index is 1710. The largest absolute Gasteiger partial charge is 0.496 e. The van der Waals surface area contributed by atoms with E-state index in [0.717, 1.165) is 32.5 Å². The van der Waals surface area contributed by atoms with Crippen LogP contribution in [0.4, 0.5) is 5.69 Å². The summed E-state index contributed by atoms with van der Waals surface area (Å²) in [6.07, 6.45) is 1.57. The highest BCUT2D eigenvalue weighted by atomic mass is 79.9. The first kappa shape index (κ1) is 30.1. The van der Waals surface area contributed by atoms with E-state index < -0.39 is 22.5 Å². The number of nitrogens with zero attached hydrogens (tertiary/aromatic N) is 3. The molecular weight excluding hydrogens is 604 g/mol. The molecule has 0 bridgehead atoms. The Balaban J connectivity index is 1.57. The number of amides is 1. The number of ether oxygens (including phenoxy) is 1. The summed E-state index contributed by atoms with van der Waals surface area (Å²) in [6.45, 7) is 9.58. The van der Waals surface area contributed by atoms with E-state index in [9.17, 15) is 13.2 Å². The van der Waals surface area contributed by atoms with Crippen LogP contribution in [0, 0.1) is 34.6 Å². The molecule has 0 saturated carbocycles. The molecule has 0 radical (unpaired) electrons. The lowest BCUT2D eigenvalue weighted by Crippen LogP contribution is -2.39. The van der Waals surface area contributed by atoms with Gasteiger partial charge in [-0.1, -0.05) is 23.8 Å². The summed E-state index contributed by atoms with van der Waals surface area (Å²) in [5, 5.41) is 4.15. The highest BCUT2D eigenvalue weighted by Gasteiger charge is 2.28. The zero-order valence-electron chi connectivity index (χ0n) is 23.9. The molecule has 4 rings (SSSR count). The monoisotopic (exact) mass is 636 g/mol. The predicted octanol–water partition coefficient (Wildman–Crippen LogP) is 6.14. The van der Waals surface area contributed by atoms with Crippen LogP contribution in [0.2, 0.25) is 0 Å². The number of hydrogen-bond acceptors (Lipinski definition) is 5. The summed E-state index contributed by atoms with van der Waals surface area (Å²) in [6, 6.07) is 19.8. The van der Waals surface area contributed by atoms with Gasteiger partial charge in [0, 0.05) is 22.6 Å². The maximum atomic E-state index is 13.7. The molecule has 10 heteroatoms. The van der Waals surface area contributed by atoms with Crippen molar-refractivity contribution in [3.05, 3.63) is 105 Å². The second-order valence-corrected chi connectivity index (χ2v) is 12.7. The Morgan fingerprint density at radius 2 is 1.61 bits per heavy atom. The van der Waals surface area contributed by atoms with Crippen molar-refractivity contribution < 1.29 is 17.9 Å². The highest BCUT2D eigenvalue weighted by Crippen LogP contribution is 2.31. The minimum atomic E-state index is -4.10. The van der Waals surface area contributed by atoms with E-state index in [-0.39, 0.29) is 4.90 Å². The van der Waals surface area contributed by atoms with Crippen LogP contribution < -0.4 is 14.5 Å². The Hall–Kier alpha value is -3.89. The molecule has 0 spiro atoms. The minimum absolute atomic E-state index is 0.0147. The number of aryl methyl sites for hydroxylation is 4. The van der Waals surface area contributed by atoms with Crippen LogP contribution in [0.3, 0.4) is 0 Å². The van der Waals surface area contributed by atoms with Crippen molar-refractivity contribution in [1.29, 1.82) is 0 Å². The maximum absolute atomic E-state index is 13.7. The summed E-state index contributed by atoms with van der Waals surface area (Å²) < 4.78 is 36.3. The number of nitrogens with one attached hydrogen (secondary N) is 1. The molecule has 1 amide bonds. The fraction of sp³-hybridized carbons (Fsp3) is 0.226. The normalized spacial score (nSPS) is 11.6. The molecule has 8 nitrogen and oxygen atoms in total. The lowest BCUT2D eigenvalue weighted by molar-refractivity contribution is -0.119. The second-order valence-electron chi connectivity index (χ2n) is 9.94. The molecular formula is C31H33BrN4O4S. The Morgan fingerprint density at radius 3 is 2.22 bits per heavy atom. The number of halogens is 1. The number of hydrogen-bond donors (Lipinski definition) is 1. The van der Waals surface area contributed by atoms with Gasteiger partial charge in [-0.2, -0.15) is 5.10 Å². The molecule has 214 valence electrons. The maximum Gasteiger partial charge on any atom is 0.264 e. The van der Waals surface area contributed by atoms with E-state index in [1.54, 1.807) is 36.5 Å². The van der Waals surface area contributed by atoms with E-state index in [4.69, 9.17) is 4.74 Å². The van der Waals surface area contributed by atoms with E-state index in [1.165, 1.54) is 30.4 Å². The molecule has 0 atom stereocenters. The van der Waals surface area contributed by atoms with Crippen molar-refractivity contribution in [3.8, 4) is 11.4 Å². The van der Waals surface area contributed by atoms with Crippen LogP contribution in [-0.4, -0.2) is 38.8 Å². The number of sulfonamides is 1. The molecule has 0 aliphatic heterocycles. The fourth-order valence-electron chi connectivity index (χ4n) is 4.70. The topological polar surface area (TPSA) is 93.0 Å². The Morgan fingerprint density at radius 1 is 0.951 bits per heavy atom. The lowest BCUT2D eigenvalue weighted by atomic mass is 10.1. The summed E-state index contributed by atoms with van der Waals surface area (Å²) >= 11 is 3.35. The molecule has 1 N–H and O–H groups in total. The molecule has 0 fully saturated rings. The quantitative estimate of drug-likeness (QED) is 0.176. The van der Waals surface area contributed by atoms with E-state index >= 15 is 0 Å². The SMILES string of the molecule is COc1ccc(S(=O)(=O)N(CC(=O)N/N=C\c2cc(C)n(-c3cc(C)cc(C)c3)c2C)c2ccc(C)cc2)cc1Br. The molecule has 3 aromatic carbocycles. The van der Waals surface area contributed by atoms with Gasteiger partial charge in [0.1, 0.15) is 12.3 Å². The lowest BCUT2D eigenvalue weighted by Gasteiger charge is -2.24. The standard InChI is InChI=1S/C31H33BrN4O4S/c1-20-7-9-26(10-8-20)35(41(38,39)28-11-12-30(40-6)29(32)17-28)19-31(37)34-33-18-25-16-23(4)36(24(25)5)27-14-21(2)13-22(3)15-27/h7-18H,19H2,1-6H3,(H,34,37)/b33-18-. The average molecular weight is 638 g/mol. The third-order valence-corrected chi connectivity index (χ3v) is 9.04. The minimum Gasteiger partial charge on any atom is -0.496 e. The van der Waals surface area contributed by atoms with Crippen LogP contribution >= 0.6 is 15.9 Å². The van der Waals surface area contributed by atoms with Gasteiger partial charge in [0.05, 0.1) is 28.4 Å².